The highest BCUT2D eigenvalue weighted by Crippen LogP contribution is 2.29. The van der Waals surface area contributed by atoms with Crippen LogP contribution in [0.25, 0.3) is 11.3 Å². The summed E-state index contributed by atoms with van der Waals surface area (Å²) in [5.41, 5.74) is 4.43. The first-order valence-electron chi connectivity index (χ1n) is 12.4. The smallest absolute Gasteiger partial charge is 0.323 e. The molecule has 2 amide bonds. The number of anilines is 2. The molecular weight excluding hydrogens is 496 g/mol. The van der Waals surface area contributed by atoms with Crippen LogP contribution in [0.2, 0.25) is 0 Å². The lowest BCUT2D eigenvalue weighted by atomic mass is 9.97. The Morgan fingerprint density at radius 1 is 1.03 bits per heavy atom. The summed E-state index contributed by atoms with van der Waals surface area (Å²) >= 11 is 0. The van der Waals surface area contributed by atoms with Gasteiger partial charge >= 0.3 is 12.0 Å². The Balaban J connectivity index is 1.51. The number of aliphatic carboxylic acids is 1. The van der Waals surface area contributed by atoms with Crippen molar-refractivity contribution in [2.75, 3.05) is 17.7 Å². The molecule has 0 aliphatic carbocycles. The van der Waals surface area contributed by atoms with Crippen LogP contribution in [-0.4, -0.2) is 33.8 Å². The molecule has 0 spiro atoms. The molecule has 4 rings (SSSR count). The van der Waals surface area contributed by atoms with Gasteiger partial charge in [-0.1, -0.05) is 55.5 Å². The molecule has 39 heavy (non-hydrogen) atoms. The van der Waals surface area contributed by atoms with E-state index in [2.05, 4.69) is 15.6 Å². The van der Waals surface area contributed by atoms with E-state index in [1.165, 1.54) is 7.11 Å². The molecule has 4 aromatic rings. The number of carbonyl (C=O) groups excluding carboxylic acids is 1. The van der Waals surface area contributed by atoms with E-state index >= 15 is 0 Å². The third kappa shape index (κ3) is 6.70. The maximum absolute atomic E-state index is 13.3. The van der Waals surface area contributed by atoms with Gasteiger partial charge in [-0.3, -0.25) is 9.59 Å². The van der Waals surface area contributed by atoms with Crippen molar-refractivity contribution in [3.05, 3.63) is 106 Å². The van der Waals surface area contributed by atoms with Crippen LogP contribution in [0.3, 0.4) is 0 Å². The van der Waals surface area contributed by atoms with Gasteiger partial charge in [0, 0.05) is 23.6 Å². The van der Waals surface area contributed by atoms with E-state index in [-0.39, 0.29) is 23.6 Å². The van der Waals surface area contributed by atoms with E-state index in [0.29, 0.717) is 29.2 Å². The van der Waals surface area contributed by atoms with Crippen LogP contribution in [-0.2, 0) is 11.3 Å². The van der Waals surface area contributed by atoms with Gasteiger partial charge in [0.15, 0.2) is 0 Å². The summed E-state index contributed by atoms with van der Waals surface area (Å²) in [5.74, 6) is -0.559. The number of methoxy groups -OCH3 is 1. The second-order valence-electron chi connectivity index (χ2n) is 9.26. The number of aryl methyl sites for hydroxylation is 1. The number of benzene rings is 3. The van der Waals surface area contributed by atoms with Crippen LogP contribution in [0, 0.1) is 6.92 Å². The highest BCUT2D eigenvalue weighted by molar-refractivity contribution is 6.01. The molecule has 0 unspecified atom stereocenters. The lowest BCUT2D eigenvalue weighted by molar-refractivity contribution is -0.137. The average molecular weight is 527 g/mol. The number of hydrogen-bond acceptors (Lipinski definition) is 5. The minimum absolute atomic E-state index is 0.0572. The summed E-state index contributed by atoms with van der Waals surface area (Å²) in [7, 11) is 1.49. The zero-order chi connectivity index (χ0) is 27.9. The second-order valence-corrected chi connectivity index (χ2v) is 9.26. The highest BCUT2D eigenvalue weighted by Gasteiger charge is 2.14. The maximum Gasteiger partial charge on any atom is 0.323 e. The number of amides is 2. The van der Waals surface area contributed by atoms with Crippen LogP contribution in [0.1, 0.15) is 36.0 Å². The molecule has 9 heteroatoms. The minimum Gasteiger partial charge on any atom is -0.495 e. The highest BCUT2D eigenvalue weighted by atomic mass is 16.5. The lowest BCUT2D eigenvalue weighted by Gasteiger charge is -2.14. The first-order chi connectivity index (χ1) is 18.7. The zero-order valence-corrected chi connectivity index (χ0v) is 22.0. The van der Waals surface area contributed by atoms with Gasteiger partial charge in [-0.2, -0.15) is 0 Å². The van der Waals surface area contributed by atoms with Crippen molar-refractivity contribution in [3.8, 4) is 17.0 Å². The van der Waals surface area contributed by atoms with Crippen LogP contribution < -0.4 is 20.9 Å². The first-order valence-corrected chi connectivity index (χ1v) is 12.4. The maximum atomic E-state index is 13.3. The number of carbonyl (C=O) groups is 2. The van der Waals surface area contributed by atoms with E-state index in [1.54, 1.807) is 35.2 Å². The van der Waals surface area contributed by atoms with Crippen molar-refractivity contribution in [2.45, 2.75) is 32.7 Å². The number of nitrogens with zero attached hydrogens (tertiary/aromatic N) is 2. The van der Waals surface area contributed by atoms with E-state index in [9.17, 15) is 14.4 Å². The fourth-order valence-electron chi connectivity index (χ4n) is 4.23. The summed E-state index contributed by atoms with van der Waals surface area (Å²) < 4.78 is 7.05. The molecule has 0 radical (unpaired) electrons. The number of nitrogens with one attached hydrogen (secondary N) is 2. The Morgan fingerprint density at radius 3 is 2.44 bits per heavy atom. The zero-order valence-electron chi connectivity index (χ0n) is 22.0. The number of aromatic nitrogens is 2. The molecule has 3 N–H and O–H groups in total. The van der Waals surface area contributed by atoms with Gasteiger partial charge in [0.05, 0.1) is 25.8 Å². The van der Waals surface area contributed by atoms with Gasteiger partial charge in [0.2, 0.25) is 0 Å². The van der Waals surface area contributed by atoms with Gasteiger partial charge in [-0.25, -0.2) is 9.78 Å². The Morgan fingerprint density at radius 2 is 1.74 bits per heavy atom. The van der Waals surface area contributed by atoms with Crippen molar-refractivity contribution in [3.63, 3.8) is 0 Å². The first kappa shape index (κ1) is 27.1. The monoisotopic (exact) mass is 526 g/mol. The quantitative estimate of drug-likeness (QED) is 0.265. The molecule has 9 nitrogen and oxygen atoms in total. The standard InChI is InChI=1S/C30H30N4O5/c1-19-6-4-5-7-24(19)32-30(38)33-25-13-12-23(17-26(25)39-3)28-29(37)34(15-14-31-28)18-21-8-10-22(11-9-21)20(2)16-27(35)36/h4-15,17,20H,16,18H2,1-3H3,(H,35,36)(H2,32,33,38)/t20-/m1/s1. The third-order valence-corrected chi connectivity index (χ3v) is 6.41. The van der Waals surface area contributed by atoms with Crippen molar-refractivity contribution in [1.82, 2.24) is 9.55 Å². The predicted octanol–water partition coefficient (Wildman–Crippen LogP) is 5.50. The van der Waals surface area contributed by atoms with Crippen molar-refractivity contribution in [1.29, 1.82) is 0 Å². The normalized spacial score (nSPS) is 11.5. The molecule has 200 valence electrons. The van der Waals surface area contributed by atoms with Gasteiger partial charge in [-0.15, -0.1) is 0 Å². The predicted molar refractivity (Wildman–Crippen MR) is 151 cm³/mol. The average Bonchev–Trinajstić information content (AvgIpc) is 2.91. The SMILES string of the molecule is COc1cc(-c2nccn(Cc3ccc([C@H](C)CC(=O)O)cc3)c2=O)ccc1NC(=O)Nc1ccccc1C. The van der Waals surface area contributed by atoms with Gasteiger partial charge in [-0.05, 0) is 47.7 Å². The van der Waals surface area contributed by atoms with Crippen LogP contribution >= 0.6 is 0 Å². The molecule has 0 saturated carbocycles. The molecule has 1 heterocycles. The fourth-order valence-corrected chi connectivity index (χ4v) is 4.23. The largest absolute Gasteiger partial charge is 0.495 e. The van der Waals surface area contributed by atoms with Crippen LogP contribution in [0.5, 0.6) is 5.75 Å². The molecule has 0 bridgehead atoms. The molecule has 1 atom stereocenters. The van der Waals surface area contributed by atoms with Gasteiger partial charge in [0.1, 0.15) is 11.4 Å². The van der Waals surface area contributed by atoms with E-state index in [1.807, 2.05) is 62.4 Å². The molecule has 0 saturated heterocycles. The number of para-hydroxylation sites is 1. The number of carboxylic acids is 1. The summed E-state index contributed by atoms with van der Waals surface area (Å²) in [6.07, 6.45) is 3.24. The molecule has 0 fully saturated rings. The molecule has 0 aliphatic rings. The topological polar surface area (TPSA) is 123 Å². The minimum atomic E-state index is -0.839. The summed E-state index contributed by atoms with van der Waals surface area (Å²) in [4.78, 5) is 41.1. The van der Waals surface area contributed by atoms with Gasteiger partial charge in [0.25, 0.3) is 5.56 Å². The Bertz CT molecular complexity index is 1550. The Kier molecular flexibility index (Phi) is 8.40. The van der Waals surface area contributed by atoms with Crippen molar-refractivity contribution in [2.24, 2.45) is 0 Å². The number of hydrogen-bond donors (Lipinski definition) is 3. The van der Waals surface area contributed by atoms with Crippen LogP contribution in [0.4, 0.5) is 16.2 Å². The second kappa shape index (κ2) is 12.1. The van der Waals surface area contributed by atoms with Gasteiger partial charge < -0.3 is 25.0 Å². The fraction of sp³-hybridized carbons (Fsp3) is 0.200. The number of ether oxygens (including phenoxy) is 1. The third-order valence-electron chi connectivity index (χ3n) is 6.41. The molecule has 3 aromatic carbocycles. The van der Waals surface area contributed by atoms with Crippen molar-refractivity contribution >= 4 is 23.4 Å². The van der Waals surface area contributed by atoms with E-state index in [0.717, 1.165) is 16.7 Å². The molecular formula is C30H30N4O5. The summed E-state index contributed by atoms with van der Waals surface area (Å²) in [6, 6.07) is 19.6. The molecule has 0 aliphatic heterocycles. The lowest BCUT2D eigenvalue weighted by Crippen LogP contribution is -2.23. The number of carboxylic acid groups (broad SMARTS) is 1. The Hall–Kier alpha value is -4.92. The number of rotatable bonds is 9. The summed E-state index contributed by atoms with van der Waals surface area (Å²) in [6.45, 7) is 4.11. The van der Waals surface area contributed by atoms with E-state index < -0.39 is 12.0 Å². The van der Waals surface area contributed by atoms with Crippen LogP contribution in [0.15, 0.2) is 83.9 Å². The number of urea groups is 1. The Labute approximate surface area is 226 Å². The van der Waals surface area contributed by atoms with Crippen molar-refractivity contribution < 1.29 is 19.4 Å². The van der Waals surface area contributed by atoms with E-state index in [4.69, 9.17) is 9.84 Å². The molecule has 1 aromatic heterocycles. The summed E-state index contributed by atoms with van der Waals surface area (Å²) in [5, 5.41) is 14.6.